The van der Waals surface area contributed by atoms with Gasteiger partial charge in [0.2, 0.25) is 0 Å². The Labute approximate surface area is 177 Å². The van der Waals surface area contributed by atoms with Crippen molar-refractivity contribution in [2.24, 2.45) is 0 Å². The molecule has 0 unspecified atom stereocenters. The highest BCUT2D eigenvalue weighted by atomic mass is 16.5. The number of rotatable bonds is 8. The van der Waals surface area contributed by atoms with E-state index in [1.165, 1.54) is 17.2 Å². The molecule has 30 heavy (non-hydrogen) atoms. The van der Waals surface area contributed by atoms with E-state index in [-0.39, 0.29) is 5.63 Å². The van der Waals surface area contributed by atoms with E-state index >= 15 is 0 Å². The second-order valence-electron chi connectivity index (χ2n) is 7.55. The van der Waals surface area contributed by atoms with Crippen molar-refractivity contribution in [3.05, 3.63) is 82.2 Å². The molecule has 0 bridgehead atoms. The molecule has 0 aliphatic heterocycles. The Morgan fingerprint density at radius 1 is 0.967 bits per heavy atom. The summed E-state index contributed by atoms with van der Waals surface area (Å²) in [5.41, 5.74) is 4.51. The van der Waals surface area contributed by atoms with Gasteiger partial charge in [0, 0.05) is 17.5 Å². The van der Waals surface area contributed by atoms with Crippen molar-refractivity contribution in [1.82, 2.24) is 0 Å². The van der Waals surface area contributed by atoms with Crippen LogP contribution < -0.4 is 15.1 Å². The first-order valence-corrected chi connectivity index (χ1v) is 10.1. The lowest BCUT2D eigenvalue weighted by atomic mass is 10.0. The Bertz CT molecular complexity index is 1110. The predicted octanol–water partition coefficient (Wildman–Crippen LogP) is 6.54. The summed E-state index contributed by atoms with van der Waals surface area (Å²) < 4.78 is 16.5. The van der Waals surface area contributed by atoms with Crippen molar-refractivity contribution >= 4 is 11.0 Å². The summed E-state index contributed by atoms with van der Waals surface area (Å²) in [6.07, 6.45) is 6.39. The molecule has 0 spiro atoms. The molecule has 1 heterocycles. The van der Waals surface area contributed by atoms with E-state index < -0.39 is 0 Å². The van der Waals surface area contributed by atoms with Crippen LogP contribution in [0.1, 0.15) is 33.6 Å². The van der Waals surface area contributed by atoms with Crippen molar-refractivity contribution in [2.75, 3.05) is 13.7 Å². The van der Waals surface area contributed by atoms with Crippen molar-refractivity contribution < 1.29 is 13.9 Å². The summed E-state index contributed by atoms with van der Waals surface area (Å²) in [5, 5.41) is 0.862. The number of methoxy groups -OCH3 is 1. The lowest BCUT2D eigenvalue weighted by molar-refractivity contribution is 0.361. The molecule has 4 nitrogen and oxygen atoms in total. The smallest absolute Gasteiger partial charge is 0.336 e. The zero-order valence-corrected chi connectivity index (χ0v) is 18.0. The van der Waals surface area contributed by atoms with Crippen molar-refractivity contribution in [2.45, 2.75) is 33.6 Å². The normalized spacial score (nSPS) is 11.4. The number of fused-ring (bicyclic) bond motifs is 1. The van der Waals surface area contributed by atoms with Gasteiger partial charge in [-0.05, 0) is 75.1 Å². The van der Waals surface area contributed by atoms with E-state index in [0.717, 1.165) is 35.1 Å². The van der Waals surface area contributed by atoms with Crippen LogP contribution in [0.5, 0.6) is 11.5 Å². The maximum absolute atomic E-state index is 12.1. The van der Waals surface area contributed by atoms with E-state index in [4.69, 9.17) is 13.9 Å². The van der Waals surface area contributed by atoms with Gasteiger partial charge in [-0.3, -0.25) is 0 Å². The van der Waals surface area contributed by atoms with Crippen LogP contribution in [-0.2, 0) is 0 Å². The highest BCUT2D eigenvalue weighted by Gasteiger charge is 2.09. The summed E-state index contributed by atoms with van der Waals surface area (Å²) in [5.74, 6) is 1.44. The van der Waals surface area contributed by atoms with Crippen LogP contribution in [0.2, 0.25) is 0 Å². The lowest BCUT2D eigenvalue weighted by Gasteiger charge is -2.09. The van der Waals surface area contributed by atoms with Crippen LogP contribution in [0, 0.1) is 0 Å². The first-order chi connectivity index (χ1) is 14.5. The Balaban J connectivity index is 1.78. The third-order valence-corrected chi connectivity index (χ3v) is 4.89. The molecule has 0 aliphatic rings. The summed E-state index contributed by atoms with van der Waals surface area (Å²) in [6, 6.07) is 14.7. The van der Waals surface area contributed by atoms with Gasteiger partial charge in [-0.15, -0.1) is 0 Å². The van der Waals surface area contributed by atoms with E-state index in [1.54, 1.807) is 13.2 Å². The summed E-state index contributed by atoms with van der Waals surface area (Å²) in [6.45, 7) is 6.82. The van der Waals surface area contributed by atoms with E-state index in [2.05, 4.69) is 32.9 Å². The molecular weight excluding hydrogens is 376 g/mol. The van der Waals surface area contributed by atoms with Crippen molar-refractivity contribution in [3.63, 3.8) is 0 Å². The average Bonchev–Trinajstić information content (AvgIpc) is 2.72. The molecule has 0 saturated heterocycles. The van der Waals surface area contributed by atoms with Gasteiger partial charge in [0.25, 0.3) is 0 Å². The number of hydrogen-bond acceptors (Lipinski definition) is 4. The second kappa shape index (κ2) is 9.97. The maximum Gasteiger partial charge on any atom is 0.336 e. The standard InChI is InChI=1S/C26H28O4/c1-18(2)6-5-7-19(3)14-15-29-22-12-13-23-24(17-26(27)30-25(23)16-22)20-8-10-21(28-4)11-9-20/h6,8-14,16-17H,5,7,15H2,1-4H3. The summed E-state index contributed by atoms with van der Waals surface area (Å²) in [4.78, 5) is 12.1. The van der Waals surface area contributed by atoms with Crippen LogP contribution in [0.3, 0.4) is 0 Å². The number of ether oxygens (including phenoxy) is 2. The lowest BCUT2D eigenvalue weighted by Crippen LogP contribution is -1.99. The third kappa shape index (κ3) is 5.63. The molecule has 1 aromatic heterocycles. The number of benzene rings is 2. The second-order valence-corrected chi connectivity index (χ2v) is 7.55. The fraction of sp³-hybridized carbons (Fsp3) is 0.269. The first kappa shape index (κ1) is 21.4. The Morgan fingerprint density at radius 2 is 1.70 bits per heavy atom. The third-order valence-electron chi connectivity index (χ3n) is 4.89. The molecule has 0 radical (unpaired) electrons. The van der Waals surface area contributed by atoms with Crippen LogP contribution in [-0.4, -0.2) is 13.7 Å². The van der Waals surface area contributed by atoms with Crippen molar-refractivity contribution in [3.8, 4) is 22.6 Å². The van der Waals surface area contributed by atoms with Gasteiger partial charge < -0.3 is 13.9 Å². The van der Waals surface area contributed by atoms with Crippen LogP contribution in [0.15, 0.2) is 81.0 Å². The van der Waals surface area contributed by atoms with Gasteiger partial charge in [-0.2, -0.15) is 0 Å². The molecule has 0 aliphatic carbocycles. The minimum absolute atomic E-state index is 0.388. The van der Waals surface area contributed by atoms with E-state index in [1.807, 2.05) is 36.4 Å². The fourth-order valence-electron chi connectivity index (χ4n) is 3.21. The maximum atomic E-state index is 12.1. The van der Waals surface area contributed by atoms with E-state index in [0.29, 0.717) is 17.9 Å². The Kier molecular flexibility index (Phi) is 7.12. The molecular formula is C26H28O4. The molecule has 0 amide bonds. The molecule has 156 valence electrons. The van der Waals surface area contributed by atoms with Crippen LogP contribution in [0.25, 0.3) is 22.1 Å². The Morgan fingerprint density at radius 3 is 2.40 bits per heavy atom. The Hall–Kier alpha value is -3.27. The predicted molar refractivity (Wildman–Crippen MR) is 122 cm³/mol. The zero-order chi connectivity index (χ0) is 21.5. The molecule has 3 rings (SSSR count). The average molecular weight is 405 g/mol. The minimum atomic E-state index is -0.388. The minimum Gasteiger partial charge on any atom is -0.497 e. The van der Waals surface area contributed by atoms with Crippen molar-refractivity contribution in [1.29, 1.82) is 0 Å². The summed E-state index contributed by atoms with van der Waals surface area (Å²) >= 11 is 0. The largest absolute Gasteiger partial charge is 0.497 e. The zero-order valence-electron chi connectivity index (χ0n) is 18.0. The molecule has 0 fully saturated rings. The van der Waals surface area contributed by atoms with Crippen LogP contribution in [0.4, 0.5) is 0 Å². The SMILES string of the molecule is COc1ccc(-c2cc(=O)oc3cc(OCC=C(C)CCC=C(C)C)ccc23)cc1. The quantitative estimate of drug-likeness (QED) is 0.316. The highest BCUT2D eigenvalue weighted by Crippen LogP contribution is 2.30. The van der Waals surface area contributed by atoms with Gasteiger partial charge in [0.15, 0.2) is 0 Å². The molecule has 4 heteroatoms. The molecule has 0 atom stereocenters. The first-order valence-electron chi connectivity index (χ1n) is 10.1. The van der Waals surface area contributed by atoms with Crippen LogP contribution >= 0.6 is 0 Å². The van der Waals surface area contributed by atoms with Gasteiger partial charge >= 0.3 is 5.63 Å². The van der Waals surface area contributed by atoms with Gasteiger partial charge in [-0.1, -0.05) is 29.4 Å². The highest BCUT2D eigenvalue weighted by molar-refractivity contribution is 5.93. The fourth-order valence-corrected chi connectivity index (χ4v) is 3.21. The number of allylic oxidation sites excluding steroid dienone is 3. The molecule has 2 aromatic carbocycles. The van der Waals surface area contributed by atoms with Gasteiger partial charge in [0.1, 0.15) is 23.7 Å². The summed E-state index contributed by atoms with van der Waals surface area (Å²) in [7, 11) is 1.63. The van der Waals surface area contributed by atoms with Gasteiger partial charge in [0.05, 0.1) is 7.11 Å². The molecule has 0 N–H and O–H groups in total. The van der Waals surface area contributed by atoms with Gasteiger partial charge in [-0.25, -0.2) is 4.79 Å². The monoisotopic (exact) mass is 404 g/mol. The topological polar surface area (TPSA) is 48.7 Å². The number of hydrogen-bond donors (Lipinski definition) is 0. The molecule has 0 saturated carbocycles. The van der Waals surface area contributed by atoms with E-state index in [9.17, 15) is 4.79 Å². The molecule has 3 aromatic rings.